The first kappa shape index (κ1) is 25.0. The number of carboxylic acids is 1. The van der Waals surface area contributed by atoms with E-state index in [1.165, 1.54) is 11.6 Å². The van der Waals surface area contributed by atoms with Crippen molar-refractivity contribution in [3.63, 3.8) is 0 Å². The normalized spacial score (nSPS) is 17.8. The molecule has 1 aromatic heterocycles. The molecule has 0 saturated heterocycles. The summed E-state index contributed by atoms with van der Waals surface area (Å²) in [7, 11) is 1.58. The molecule has 5 rings (SSSR count). The molecule has 2 aliphatic carbocycles. The number of pyridine rings is 1. The Balaban J connectivity index is 1.46. The average Bonchev–Trinajstić information content (AvgIpc) is 3.44. The molecular formula is C31H32FNO4. The van der Waals surface area contributed by atoms with Crippen LogP contribution in [0.2, 0.25) is 0 Å². The maximum Gasteiger partial charge on any atom is 0.303 e. The maximum absolute atomic E-state index is 15.0. The average molecular weight is 502 g/mol. The first-order chi connectivity index (χ1) is 17.7. The first-order valence-corrected chi connectivity index (χ1v) is 12.8. The van der Waals surface area contributed by atoms with E-state index in [1.807, 2.05) is 18.2 Å². The number of aromatic nitrogens is 1. The van der Waals surface area contributed by atoms with Gasteiger partial charge in [0.2, 0.25) is 0 Å². The van der Waals surface area contributed by atoms with E-state index in [9.17, 15) is 14.3 Å². The summed E-state index contributed by atoms with van der Waals surface area (Å²) >= 11 is 0. The summed E-state index contributed by atoms with van der Waals surface area (Å²) in [5.74, 6) is 0.125. The molecule has 2 aromatic carbocycles. The highest BCUT2D eigenvalue weighted by Crippen LogP contribution is 2.47. The number of fused-ring (bicyclic) bond motifs is 1. The number of halogens is 1. The van der Waals surface area contributed by atoms with E-state index in [2.05, 4.69) is 31.0 Å². The summed E-state index contributed by atoms with van der Waals surface area (Å²) in [5.41, 5.74) is 6.44. The zero-order chi connectivity index (χ0) is 26.2. The van der Waals surface area contributed by atoms with Crippen LogP contribution in [0, 0.1) is 11.2 Å². The highest BCUT2D eigenvalue weighted by atomic mass is 19.1. The minimum absolute atomic E-state index is 0.0212. The molecule has 0 fully saturated rings. The molecule has 5 nitrogen and oxygen atoms in total. The summed E-state index contributed by atoms with van der Waals surface area (Å²) < 4.78 is 26.5. The fraction of sp³-hybridized carbons (Fsp3) is 0.355. The Bertz CT molecular complexity index is 1380. The molecule has 0 amide bonds. The number of aliphatic carboxylic acids is 1. The summed E-state index contributed by atoms with van der Waals surface area (Å²) in [6.45, 7) is 4.78. The van der Waals surface area contributed by atoms with Gasteiger partial charge < -0.3 is 14.6 Å². The SMILES string of the molecule is COc1ccc(F)c(-c2ccc(COc3cnc4c(c3)C(CC(=O)O)CC4)cc2C2=CCCC2(C)C)c1. The van der Waals surface area contributed by atoms with Gasteiger partial charge in [0.25, 0.3) is 0 Å². The number of benzene rings is 2. The van der Waals surface area contributed by atoms with Crippen LogP contribution in [0.5, 0.6) is 11.5 Å². The van der Waals surface area contributed by atoms with Crippen molar-refractivity contribution in [2.24, 2.45) is 5.41 Å². The summed E-state index contributed by atoms with van der Waals surface area (Å²) in [6.07, 6.45) is 7.70. The molecule has 1 heterocycles. The molecule has 6 heteroatoms. The van der Waals surface area contributed by atoms with Crippen molar-refractivity contribution in [1.82, 2.24) is 4.98 Å². The van der Waals surface area contributed by atoms with Crippen LogP contribution in [0.1, 0.15) is 67.8 Å². The Morgan fingerprint density at radius 2 is 1.95 bits per heavy atom. The standard InChI is InChI=1S/C31H32FNO4/c1-31(2)12-4-5-27(31)25-13-19(6-9-23(25)26-15-21(36-3)8-10-28(26)32)18-37-22-16-24-20(14-30(34)35)7-11-29(24)33-17-22/h5-6,8-10,13,15-17,20H,4,7,11-12,14,18H2,1-3H3,(H,34,35). The predicted molar refractivity (Wildman–Crippen MR) is 141 cm³/mol. The molecule has 2 aliphatic rings. The molecule has 0 spiro atoms. The van der Waals surface area contributed by atoms with E-state index in [1.54, 1.807) is 25.4 Å². The monoisotopic (exact) mass is 501 g/mol. The lowest BCUT2D eigenvalue weighted by Gasteiger charge is -2.25. The number of methoxy groups -OCH3 is 1. The second-order valence-electron chi connectivity index (χ2n) is 10.6. The zero-order valence-electron chi connectivity index (χ0n) is 21.5. The van der Waals surface area contributed by atoms with E-state index >= 15 is 0 Å². The molecule has 192 valence electrons. The van der Waals surface area contributed by atoms with Crippen molar-refractivity contribution in [2.45, 2.75) is 58.5 Å². The van der Waals surface area contributed by atoms with Gasteiger partial charge in [-0.3, -0.25) is 9.78 Å². The van der Waals surface area contributed by atoms with Gasteiger partial charge in [0.1, 0.15) is 23.9 Å². The summed E-state index contributed by atoms with van der Waals surface area (Å²) in [6, 6.07) is 12.8. The molecule has 0 aliphatic heterocycles. The molecule has 1 unspecified atom stereocenters. The number of nitrogens with zero attached hydrogens (tertiary/aromatic N) is 1. The minimum Gasteiger partial charge on any atom is -0.497 e. The van der Waals surface area contributed by atoms with Crippen LogP contribution in [0.4, 0.5) is 4.39 Å². The van der Waals surface area contributed by atoms with Gasteiger partial charge in [0, 0.05) is 11.3 Å². The molecule has 3 aromatic rings. The highest BCUT2D eigenvalue weighted by molar-refractivity contribution is 5.85. The topological polar surface area (TPSA) is 68.7 Å². The van der Waals surface area contributed by atoms with E-state index in [0.29, 0.717) is 23.7 Å². The van der Waals surface area contributed by atoms with Gasteiger partial charge in [-0.15, -0.1) is 0 Å². The number of hydrogen-bond acceptors (Lipinski definition) is 4. The third-order valence-electron chi connectivity index (χ3n) is 7.66. The van der Waals surface area contributed by atoms with Gasteiger partial charge in [-0.05, 0) is 95.2 Å². The number of ether oxygens (including phenoxy) is 2. The van der Waals surface area contributed by atoms with E-state index in [0.717, 1.165) is 53.6 Å². The van der Waals surface area contributed by atoms with Gasteiger partial charge >= 0.3 is 5.97 Å². The number of carbonyl (C=O) groups is 1. The number of hydrogen-bond donors (Lipinski definition) is 1. The van der Waals surface area contributed by atoms with Crippen molar-refractivity contribution in [2.75, 3.05) is 7.11 Å². The predicted octanol–water partition coefficient (Wildman–Crippen LogP) is 7.18. The molecule has 0 radical (unpaired) electrons. The second kappa shape index (κ2) is 10.0. The van der Waals surface area contributed by atoms with Crippen LogP contribution in [0.15, 0.2) is 54.7 Å². The summed E-state index contributed by atoms with van der Waals surface area (Å²) in [5, 5.41) is 9.24. The second-order valence-corrected chi connectivity index (χ2v) is 10.6. The van der Waals surface area contributed by atoms with Gasteiger partial charge in [-0.25, -0.2) is 4.39 Å². The summed E-state index contributed by atoms with van der Waals surface area (Å²) in [4.78, 5) is 15.8. The van der Waals surface area contributed by atoms with Crippen LogP contribution >= 0.6 is 0 Å². The first-order valence-electron chi connectivity index (χ1n) is 12.8. The van der Waals surface area contributed by atoms with Crippen LogP contribution in [0.25, 0.3) is 16.7 Å². The van der Waals surface area contributed by atoms with Crippen molar-refractivity contribution in [3.8, 4) is 22.6 Å². The lowest BCUT2D eigenvalue weighted by atomic mass is 9.79. The minimum atomic E-state index is -0.798. The Hall–Kier alpha value is -3.67. The largest absolute Gasteiger partial charge is 0.497 e. The maximum atomic E-state index is 15.0. The van der Waals surface area contributed by atoms with Gasteiger partial charge in [-0.2, -0.15) is 0 Å². The lowest BCUT2D eigenvalue weighted by Crippen LogP contribution is -2.10. The number of rotatable bonds is 8. The van der Waals surface area contributed by atoms with E-state index in [-0.39, 0.29) is 23.6 Å². The molecule has 0 saturated carbocycles. The van der Waals surface area contributed by atoms with E-state index < -0.39 is 5.97 Å². The smallest absolute Gasteiger partial charge is 0.303 e. The Morgan fingerprint density at radius 1 is 1.11 bits per heavy atom. The lowest BCUT2D eigenvalue weighted by molar-refractivity contribution is -0.137. The van der Waals surface area contributed by atoms with Crippen molar-refractivity contribution in [1.29, 1.82) is 0 Å². The van der Waals surface area contributed by atoms with E-state index in [4.69, 9.17) is 9.47 Å². The number of carboxylic acid groups (broad SMARTS) is 1. The molecule has 0 bridgehead atoms. The van der Waals surface area contributed by atoms with Crippen molar-refractivity contribution >= 4 is 11.5 Å². The third-order valence-corrected chi connectivity index (χ3v) is 7.66. The van der Waals surface area contributed by atoms with Crippen LogP contribution in [-0.2, 0) is 17.8 Å². The van der Waals surface area contributed by atoms with Crippen LogP contribution in [-0.4, -0.2) is 23.2 Å². The zero-order valence-corrected chi connectivity index (χ0v) is 21.5. The Kier molecular flexibility index (Phi) is 6.76. The molecule has 1 atom stereocenters. The van der Waals surface area contributed by atoms with Crippen LogP contribution in [0.3, 0.4) is 0 Å². The van der Waals surface area contributed by atoms with Crippen LogP contribution < -0.4 is 9.47 Å². The molecule has 1 N–H and O–H groups in total. The third kappa shape index (κ3) is 5.10. The number of allylic oxidation sites excluding steroid dienone is 2. The highest BCUT2D eigenvalue weighted by Gasteiger charge is 2.31. The fourth-order valence-electron chi connectivity index (χ4n) is 5.63. The quantitative estimate of drug-likeness (QED) is 0.354. The molecule has 37 heavy (non-hydrogen) atoms. The molecular weight excluding hydrogens is 469 g/mol. The number of aryl methyl sites for hydroxylation is 1. The van der Waals surface area contributed by atoms with Gasteiger partial charge in [0.05, 0.1) is 19.7 Å². The van der Waals surface area contributed by atoms with Crippen molar-refractivity contribution < 1.29 is 23.8 Å². The van der Waals surface area contributed by atoms with Gasteiger partial charge in [-0.1, -0.05) is 32.1 Å². The van der Waals surface area contributed by atoms with Gasteiger partial charge in [0.15, 0.2) is 0 Å². The van der Waals surface area contributed by atoms with Crippen molar-refractivity contribution in [3.05, 3.63) is 82.9 Å². The fourth-order valence-corrected chi connectivity index (χ4v) is 5.63. The Morgan fingerprint density at radius 3 is 2.68 bits per heavy atom. The Labute approximate surface area is 217 Å².